The third-order valence-corrected chi connectivity index (χ3v) is 4.10. The molecular weight excluding hydrogens is 212 g/mol. The minimum atomic E-state index is 0.0693. The van der Waals surface area contributed by atoms with Gasteiger partial charge in [-0.15, -0.1) is 24.0 Å². The Hall–Kier alpha value is -0.510. The van der Waals surface area contributed by atoms with Gasteiger partial charge in [-0.3, -0.25) is 0 Å². The Labute approximate surface area is 92.8 Å². The third kappa shape index (κ3) is 1.56. The molecule has 1 heterocycles. The molecule has 0 aliphatic rings. The van der Waals surface area contributed by atoms with E-state index in [1.54, 1.807) is 11.3 Å². The number of aliphatic hydroxyl groups is 1. The van der Waals surface area contributed by atoms with Gasteiger partial charge in [0, 0.05) is 20.0 Å². The van der Waals surface area contributed by atoms with Crippen molar-refractivity contribution in [2.75, 3.05) is 0 Å². The van der Waals surface area contributed by atoms with E-state index < -0.39 is 0 Å². The Kier molecular flexibility index (Phi) is 2.81. The molecule has 0 fully saturated rings. The summed E-state index contributed by atoms with van der Waals surface area (Å²) < 4.78 is 1.18. The molecule has 1 aromatic heterocycles. The zero-order valence-electron chi connectivity index (χ0n) is 7.95. The smallest absolute Gasteiger partial charge is 0.0706 e. The van der Waals surface area contributed by atoms with Gasteiger partial charge >= 0.3 is 0 Å². The number of thiol groups is 1. The zero-order chi connectivity index (χ0) is 10.1. The van der Waals surface area contributed by atoms with Crippen molar-refractivity contribution in [2.24, 2.45) is 0 Å². The predicted molar refractivity (Wildman–Crippen MR) is 64.4 cm³/mol. The zero-order valence-corrected chi connectivity index (χ0v) is 9.66. The van der Waals surface area contributed by atoms with E-state index in [0.717, 1.165) is 16.9 Å². The number of thiophene rings is 1. The SMILES string of the molecule is CCc1cc2ccc(S)c(CO)c2s1. The van der Waals surface area contributed by atoms with E-state index in [-0.39, 0.29) is 6.61 Å². The predicted octanol–water partition coefficient (Wildman–Crippen LogP) is 3.24. The molecule has 1 nitrogen and oxygen atoms in total. The molecule has 0 saturated heterocycles. The van der Waals surface area contributed by atoms with Gasteiger partial charge in [-0.2, -0.15) is 0 Å². The molecule has 0 radical (unpaired) electrons. The molecule has 1 aromatic carbocycles. The summed E-state index contributed by atoms with van der Waals surface area (Å²) in [6.45, 7) is 2.21. The van der Waals surface area contributed by atoms with Gasteiger partial charge in [0.05, 0.1) is 6.61 Å². The highest BCUT2D eigenvalue weighted by molar-refractivity contribution is 7.80. The lowest BCUT2D eigenvalue weighted by Gasteiger charge is -2.01. The largest absolute Gasteiger partial charge is 0.392 e. The summed E-state index contributed by atoms with van der Waals surface area (Å²) in [5.74, 6) is 0. The second-order valence-electron chi connectivity index (χ2n) is 3.21. The molecule has 0 saturated carbocycles. The van der Waals surface area contributed by atoms with Crippen molar-refractivity contribution in [3.63, 3.8) is 0 Å². The van der Waals surface area contributed by atoms with E-state index >= 15 is 0 Å². The Morgan fingerprint density at radius 1 is 1.43 bits per heavy atom. The van der Waals surface area contributed by atoms with Crippen LogP contribution in [0.1, 0.15) is 17.4 Å². The van der Waals surface area contributed by atoms with Crippen LogP contribution < -0.4 is 0 Å². The van der Waals surface area contributed by atoms with Crippen molar-refractivity contribution in [3.8, 4) is 0 Å². The lowest BCUT2D eigenvalue weighted by atomic mass is 10.1. The maximum atomic E-state index is 9.26. The van der Waals surface area contributed by atoms with Crippen molar-refractivity contribution in [1.82, 2.24) is 0 Å². The molecule has 14 heavy (non-hydrogen) atoms. The quantitative estimate of drug-likeness (QED) is 0.750. The van der Waals surface area contributed by atoms with Gasteiger partial charge < -0.3 is 5.11 Å². The van der Waals surface area contributed by atoms with Crippen LogP contribution in [0.4, 0.5) is 0 Å². The standard InChI is InChI=1S/C11H12OS2/c1-2-8-5-7-3-4-10(13)9(6-12)11(7)14-8/h3-5,12-13H,2,6H2,1H3. The normalized spacial score (nSPS) is 11.1. The molecule has 0 spiro atoms. The summed E-state index contributed by atoms with van der Waals surface area (Å²) in [6.07, 6.45) is 1.05. The van der Waals surface area contributed by atoms with Gasteiger partial charge in [0.15, 0.2) is 0 Å². The lowest BCUT2D eigenvalue weighted by Crippen LogP contribution is -1.84. The van der Waals surface area contributed by atoms with Crippen molar-refractivity contribution in [1.29, 1.82) is 0 Å². The molecule has 0 bridgehead atoms. The average Bonchev–Trinajstić information content (AvgIpc) is 2.60. The van der Waals surface area contributed by atoms with Crippen LogP contribution in [0.2, 0.25) is 0 Å². The summed E-state index contributed by atoms with van der Waals surface area (Å²) in [5, 5.41) is 10.5. The summed E-state index contributed by atoms with van der Waals surface area (Å²) in [6, 6.07) is 6.20. The Balaban J connectivity index is 2.73. The van der Waals surface area contributed by atoms with Crippen LogP contribution in [-0.4, -0.2) is 5.11 Å². The highest BCUT2D eigenvalue weighted by Gasteiger charge is 2.07. The molecule has 3 heteroatoms. The van der Waals surface area contributed by atoms with Crippen molar-refractivity contribution >= 4 is 34.1 Å². The molecule has 0 amide bonds. The van der Waals surface area contributed by atoms with Crippen molar-refractivity contribution in [2.45, 2.75) is 24.8 Å². The molecule has 0 unspecified atom stereocenters. The summed E-state index contributed by atoms with van der Waals surface area (Å²) in [4.78, 5) is 2.23. The Morgan fingerprint density at radius 2 is 2.21 bits per heavy atom. The highest BCUT2D eigenvalue weighted by Crippen LogP contribution is 2.32. The lowest BCUT2D eigenvalue weighted by molar-refractivity contribution is 0.281. The van der Waals surface area contributed by atoms with Gasteiger partial charge in [0.2, 0.25) is 0 Å². The number of hydrogen-bond acceptors (Lipinski definition) is 3. The molecule has 2 aromatic rings. The first-order chi connectivity index (χ1) is 6.76. The van der Waals surface area contributed by atoms with Crippen LogP contribution >= 0.6 is 24.0 Å². The van der Waals surface area contributed by atoms with E-state index in [1.165, 1.54) is 15.0 Å². The van der Waals surface area contributed by atoms with E-state index in [1.807, 2.05) is 6.07 Å². The van der Waals surface area contributed by atoms with Gasteiger partial charge in [-0.25, -0.2) is 0 Å². The molecule has 1 N–H and O–H groups in total. The minimum absolute atomic E-state index is 0.0693. The third-order valence-electron chi connectivity index (χ3n) is 2.32. The number of aryl methyl sites for hydroxylation is 1. The number of hydrogen-bond donors (Lipinski definition) is 2. The van der Waals surface area contributed by atoms with Crippen LogP contribution in [0.15, 0.2) is 23.1 Å². The first-order valence-corrected chi connectivity index (χ1v) is 5.86. The number of rotatable bonds is 2. The molecule has 0 aliphatic heterocycles. The Bertz CT molecular complexity index is 460. The topological polar surface area (TPSA) is 20.2 Å². The van der Waals surface area contributed by atoms with Crippen molar-refractivity contribution < 1.29 is 5.11 Å². The minimum Gasteiger partial charge on any atom is -0.392 e. The van der Waals surface area contributed by atoms with Gasteiger partial charge in [-0.05, 0) is 23.9 Å². The van der Waals surface area contributed by atoms with Crippen LogP contribution in [-0.2, 0) is 13.0 Å². The molecule has 0 atom stereocenters. The summed E-state index contributed by atoms with van der Waals surface area (Å²) in [5.41, 5.74) is 0.954. The second-order valence-corrected chi connectivity index (χ2v) is 4.82. The van der Waals surface area contributed by atoms with Gasteiger partial charge in [0.1, 0.15) is 0 Å². The fourth-order valence-electron chi connectivity index (χ4n) is 1.53. The molecule has 74 valence electrons. The second kappa shape index (κ2) is 3.93. The fraction of sp³-hybridized carbons (Fsp3) is 0.273. The maximum Gasteiger partial charge on any atom is 0.0706 e. The van der Waals surface area contributed by atoms with E-state index in [4.69, 9.17) is 0 Å². The fourth-order valence-corrected chi connectivity index (χ4v) is 3.00. The molecule has 0 aliphatic carbocycles. The van der Waals surface area contributed by atoms with Gasteiger partial charge in [-0.1, -0.05) is 13.0 Å². The average molecular weight is 224 g/mol. The molecular formula is C11H12OS2. The number of aliphatic hydroxyl groups excluding tert-OH is 1. The summed E-state index contributed by atoms with van der Waals surface area (Å²) >= 11 is 6.09. The van der Waals surface area contributed by atoms with E-state index in [0.29, 0.717) is 0 Å². The van der Waals surface area contributed by atoms with E-state index in [2.05, 4.69) is 31.7 Å². The van der Waals surface area contributed by atoms with Crippen LogP contribution in [0.25, 0.3) is 10.1 Å². The first kappa shape index (κ1) is 10.0. The highest BCUT2D eigenvalue weighted by atomic mass is 32.1. The Morgan fingerprint density at radius 3 is 2.86 bits per heavy atom. The first-order valence-electron chi connectivity index (χ1n) is 4.60. The summed E-state index contributed by atoms with van der Waals surface area (Å²) in [7, 11) is 0. The van der Waals surface area contributed by atoms with E-state index in [9.17, 15) is 5.11 Å². The number of fused-ring (bicyclic) bond motifs is 1. The maximum absolute atomic E-state index is 9.26. The van der Waals surface area contributed by atoms with Gasteiger partial charge in [0.25, 0.3) is 0 Å². The molecule has 2 rings (SSSR count). The monoisotopic (exact) mass is 224 g/mol. The van der Waals surface area contributed by atoms with Crippen molar-refractivity contribution in [3.05, 3.63) is 28.6 Å². The number of benzene rings is 1. The van der Waals surface area contributed by atoms with Crippen LogP contribution in [0.3, 0.4) is 0 Å². The van der Waals surface area contributed by atoms with Crippen LogP contribution in [0, 0.1) is 0 Å². The van der Waals surface area contributed by atoms with Crippen LogP contribution in [0.5, 0.6) is 0 Å².